The first-order valence-corrected chi connectivity index (χ1v) is 9.72. The predicted octanol–water partition coefficient (Wildman–Crippen LogP) is 3.26. The second-order valence-electron chi connectivity index (χ2n) is 8.43. The lowest BCUT2D eigenvalue weighted by atomic mass is 9.92. The molecule has 0 unspecified atom stereocenters. The predicted molar refractivity (Wildman–Crippen MR) is 104 cm³/mol. The van der Waals surface area contributed by atoms with Crippen molar-refractivity contribution >= 4 is 5.91 Å². The maximum atomic E-state index is 13.8. The summed E-state index contributed by atoms with van der Waals surface area (Å²) in [4.78, 5) is 16.6. The third-order valence-electron chi connectivity index (χ3n) is 5.11. The Morgan fingerprint density at radius 2 is 1.96 bits per heavy atom. The summed E-state index contributed by atoms with van der Waals surface area (Å²) in [6.07, 6.45) is 0.733. The van der Waals surface area contributed by atoms with Crippen LogP contribution in [0.3, 0.4) is 0 Å². The molecule has 1 fully saturated rings. The van der Waals surface area contributed by atoms with E-state index in [-0.39, 0.29) is 23.3 Å². The van der Waals surface area contributed by atoms with Crippen molar-refractivity contribution in [2.24, 2.45) is 0 Å². The summed E-state index contributed by atoms with van der Waals surface area (Å²) < 4.78 is 27.2. The van der Waals surface area contributed by atoms with Crippen molar-refractivity contribution in [3.05, 3.63) is 52.9 Å². The lowest BCUT2D eigenvalue weighted by Crippen LogP contribution is -2.36. The Bertz CT molecular complexity index is 828. The minimum absolute atomic E-state index is 0.00292. The van der Waals surface area contributed by atoms with Gasteiger partial charge in [0, 0.05) is 49.4 Å². The zero-order valence-electron chi connectivity index (χ0n) is 16.8. The van der Waals surface area contributed by atoms with Crippen LogP contribution in [0.15, 0.2) is 24.3 Å². The summed E-state index contributed by atoms with van der Waals surface area (Å²) in [6, 6.07) is 6.06. The van der Waals surface area contributed by atoms with E-state index in [0.29, 0.717) is 13.1 Å². The van der Waals surface area contributed by atoms with E-state index in [4.69, 9.17) is 0 Å². The van der Waals surface area contributed by atoms with Crippen LogP contribution in [-0.2, 0) is 23.2 Å². The molecule has 1 saturated heterocycles. The normalized spacial score (nSPS) is 16.2. The largest absolute Gasteiger partial charge is 0.341 e. The van der Waals surface area contributed by atoms with Crippen molar-refractivity contribution in [3.63, 3.8) is 0 Å². The maximum absolute atomic E-state index is 13.8. The fourth-order valence-corrected chi connectivity index (χ4v) is 3.41. The summed E-state index contributed by atoms with van der Waals surface area (Å²) in [5.74, 6) is -2.01. The Hall–Kier alpha value is -2.28. The van der Waals surface area contributed by atoms with Gasteiger partial charge in [0.1, 0.15) is 0 Å². The van der Waals surface area contributed by atoms with Gasteiger partial charge in [-0.2, -0.15) is 5.10 Å². The Morgan fingerprint density at radius 3 is 2.68 bits per heavy atom. The fourth-order valence-electron chi connectivity index (χ4n) is 3.41. The monoisotopic (exact) mass is 390 g/mol. The summed E-state index contributed by atoms with van der Waals surface area (Å²) in [5.41, 5.74) is 2.21. The minimum Gasteiger partial charge on any atom is -0.341 e. The van der Waals surface area contributed by atoms with Gasteiger partial charge in [-0.05, 0) is 18.6 Å². The quantitative estimate of drug-likeness (QED) is 0.872. The molecule has 1 aromatic carbocycles. The molecule has 1 aliphatic rings. The van der Waals surface area contributed by atoms with Crippen LogP contribution in [-0.4, -0.2) is 52.1 Å². The van der Waals surface area contributed by atoms with Gasteiger partial charge < -0.3 is 4.90 Å². The number of nitrogens with one attached hydrogen (secondary N) is 1. The van der Waals surface area contributed by atoms with Crippen LogP contribution < -0.4 is 0 Å². The van der Waals surface area contributed by atoms with Crippen LogP contribution in [0.25, 0.3) is 0 Å². The Labute approximate surface area is 164 Å². The van der Waals surface area contributed by atoms with E-state index in [2.05, 4.69) is 41.9 Å². The zero-order chi connectivity index (χ0) is 20.3. The molecule has 1 aromatic heterocycles. The molecule has 5 nitrogen and oxygen atoms in total. The van der Waals surface area contributed by atoms with Crippen LogP contribution >= 0.6 is 0 Å². The molecule has 2 heterocycles. The molecule has 0 radical (unpaired) electrons. The van der Waals surface area contributed by atoms with Crippen molar-refractivity contribution in [3.8, 4) is 0 Å². The van der Waals surface area contributed by atoms with E-state index in [0.717, 1.165) is 43.5 Å². The standard InChI is InChI=1S/C21H28F2N4O/c1-21(2,3)18-13-16(24-25-18)14-26-8-5-9-27(11-10-26)19(28)12-15-6-4-7-17(22)20(15)23/h4,6-7,13H,5,8-12,14H2,1-3H3,(H,24,25). The number of H-pyrrole nitrogens is 1. The van der Waals surface area contributed by atoms with Gasteiger partial charge in [-0.3, -0.25) is 14.8 Å². The first kappa shape index (κ1) is 20.5. The molecular formula is C21H28F2N4O. The number of halogens is 2. The molecule has 7 heteroatoms. The van der Waals surface area contributed by atoms with Crippen molar-refractivity contribution in [2.75, 3.05) is 26.2 Å². The minimum atomic E-state index is -0.929. The van der Waals surface area contributed by atoms with Crippen molar-refractivity contribution in [1.82, 2.24) is 20.0 Å². The van der Waals surface area contributed by atoms with Gasteiger partial charge in [-0.25, -0.2) is 8.78 Å². The summed E-state index contributed by atoms with van der Waals surface area (Å²) >= 11 is 0. The number of carbonyl (C=O) groups excluding carboxylic acids is 1. The third kappa shape index (κ3) is 4.95. The van der Waals surface area contributed by atoms with Crippen LogP contribution in [0.1, 0.15) is 44.1 Å². The Morgan fingerprint density at radius 1 is 1.18 bits per heavy atom. The summed E-state index contributed by atoms with van der Waals surface area (Å²) in [7, 11) is 0. The lowest BCUT2D eigenvalue weighted by Gasteiger charge is -2.22. The molecule has 0 spiro atoms. The van der Waals surface area contributed by atoms with E-state index in [1.165, 1.54) is 12.1 Å². The molecule has 0 bridgehead atoms. The number of nitrogens with zero attached hydrogens (tertiary/aromatic N) is 3. The SMILES string of the molecule is CC(C)(C)c1cc(CN2CCCN(C(=O)Cc3cccc(F)c3F)CC2)[nH]n1. The second kappa shape index (κ2) is 8.39. The number of aromatic amines is 1. The average molecular weight is 390 g/mol. The molecule has 1 amide bonds. The van der Waals surface area contributed by atoms with Gasteiger partial charge in [-0.15, -0.1) is 0 Å². The number of hydrogen-bond acceptors (Lipinski definition) is 3. The third-order valence-corrected chi connectivity index (χ3v) is 5.11. The number of hydrogen-bond donors (Lipinski definition) is 1. The Balaban J connectivity index is 1.56. The van der Waals surface area contributed by atoms with Crippen LogP contribution in [0.2, 0.25) is 0 Å². The molecule has 28 heavy (non-hydrogen) atoms. The van der Waals surface area contributed by atoms with Gasteiger partial charge in [-0.1, -0.05) is 32.9 Å². The van der Waals surface area contributed by atoms with Crippen LogP contribution in [0, 0.1) is 11.6 Å². The highest BCUT2D eigenvalue weighted by atomic mass is 19.2. The van der Waals surface area contributed by atoms with Gasteiger partial charge in [0.25, 0.3) is 0 Å². The highest BCUT2D eigenvalue weighted by molar-refractivity contribution is 5.78. The van der Waals surface area contributed by atoms with Crippen LogP contribution in [0.4, 0.5) is 8.78 Å². The molecule has 152 valence electrons. The van der Waals surface area contributed by atoms with Gasteiger partial charge in [0.05, 0.1) is 12.1 Å². The number of benzene rings is 1. The molecule has 1 aliphatic heterocycles. The molecular weight excluding hydrogens is 362 g/mol. The molecule has 3 rings (SSSR count). The molecule has 0 atom stereocenters. The smallest absolute Gasteiger partial charge is 0.227 e. The van der Waals surface area contributed by atoms with Crippen molar-refractivity contribution in [1.29, 1.82) is 0 Å². The summed E-state index contributed by atoms with van der Waals surface area (Å²) in [6.45, 7) is 9.96. The van der Waals surface area contributed by atoms with Crippen molar-refractivity contribution in [2.45, 2.75) is 45.6 Å². The number of amides is 1. The highest BCUT2D eigenvalue weighted by Crippen LogP contribution is 2.21. The average Bonchev–Trinajstić information content (AvgIpc) is 2.98. The van der Waals surface area contributed by atoms with E-state index in [9.17, 15) is 13.6 Å². The number of aromatic nitrogens is 2. The topological polar surface area (TPSA) is 52.2 Å². The van der Waals surface area contributed by atoms with E-state index < -0.39 is 11.6 Å². The lowest BCUT2D eigenvalue weighted by molar-refractivity contribution is -0.130. The fraction of sp³-hybridized carbons (Fsp3) is 0.524. The van der Waals surface area contributed by atoms with Crippen molar-refractivity contribution < 1.29 is 13.6 Å². The maximum Gasteiger partial charge on any atom is 0.227 e. The molecule has 0 saturated carbocycles. The van der Waals surface area contributed by atoms with Crippen LogP contribution in [0.5, 0.6) is 0 Å². The zero-order valence-corrected chi connectivity index (χ0v) is 16.8. The van der Waals surface area contributed by atoms with Gasteiger partial charge in [0.2, 0.25) is 5.91 Å². The Kier molecular flexibility index (Phi) is 6.13. The van der Waals surface area contributed by atoms with E-state index >= 15 is 0 Å². The van der Waals surface area contributed by atoms with Gasteiger partial charge >= 0.3 is 0 Å². The first-order chi connectivity index (χ1) is 13.2. The van der Waals surface area contributed by atoms with E-state index in [1.807, 2.05) is 0 Å². The summed E-state index contributed by atoms with van der Waals surface area (Å²) in [5, 5.41) is 7.51. The molecule has 2 aromatic rings. The molecule has 1 N–H and O–H groups in total. The number of carbonyl (C=O) groups is 1. The first-order valence-electron chi connectivity index (χ1n) is 9.72. The number of rotatable bonds is 4. The highest BCUT2D eigenvalue weighted by Gasteiger charge is 2.22. The molecule has 0 aliphatic carbocycles. The van der Waals surface area contributed by atoms with E-state index in [1.54, 1.807) is 4.90 Å². The second-order valence-corrected chi connectivity index (χ2v) is 8.43. The van der Waals surface area contributed by atoms with Gasteiger partial charge in [0.15, 0.2) is 11.6 Å².